The van der Waals surface area contributed by atoms with Crippen molar-refractivity contribution in [3.05, 3.63) is 66.0 Å². The van der Waals surface area contributed by atoms with Crippen molar-refractivity contribution in [3.8, 4) is 0 Å². The minimum Gasteiger partial charge on any atom is -0.357 e. The number of aromatic nitrogens is 1. The summed E-state index contributed by atoms with van der Waals surface area (Å²) in [7, 11) is 0. The van der Waals surface area contributed by atoms with Gasteiger partial charge in [-0.15, -0.1) is 0 Å². The van der Waals surface area contributed by atoms with Gasteiger partial charge in [0, 0.05) is 43.0 Å². The highest BCUT2D eigenvalue weighted by atomic mass is 15.2. The maximum Gasteiger partial charge on any atom is 0.191 e. The molecular formula is C22H33N5. The minimum atomic E-state index is -0.113. The van der Waals surface area contributed by atoms with Crippen LogP contribution in [0.2, 0.25) is 0 Å². The van der Waals surface area contributed by atoms with Gasteiger partial charge in [-0.1, -0.05) is 36.4 Å². The van der Waals surface area contributed by atoms with Crippen molar-refractivity contribution in [2.45, 2.75) is 45.7 Å². The fourth-order valence-corrected chi connectivity index (χ4v) is 2.93. The number of rotatable bonds is 9. The summed E-state index contributed by atoms with van der Waals surface area (Å²) in [6.07, 6.45) is 2.70. The van der Waals surface area contributed by atoms with Crippen LogP contribution >= 0.6 is 0 Å². The van der Waals surface area contributed by atoms with Crippen LogP contribution < -0.4 is 16.0 Å². The van der Waals surface area contributed by atoms with Crippen LogP contribution in [0.5, 0.6) is 0 Å². The Morgan fingerprint density at radius 3 is 2.48 bits per heavy atom. The van der Waals surface area contributed by atoms with Crippen LogP contribution in [0.3, 0.4) is 0 Å². The molecule has 5 heteroatoms. The van der Waals surface area contributed by atoms with Crippen molar-refractivity contribution in [1.82, 2.24) is 20.9 Å². The highest BCUT2D eigenvalue weighted by Crippen LogP contribution is 2.16. The molecule has 1 unspecified atom stereocenters. The highest BCUT2D eigenvalue weighted by molar-refractivity contribution is 5.79. The average molecular weight is 368 g/mol. The molecule has 0 bridgehead atoms. The van der Waals surface area contributed by atoms with Gasteiger partial charge in [-0.25, -0.2) is 0 Å². The molecule has 1 heterocycles. The Morgan fingerprint density at radius 2 is 1.81 bits per heavy atom. The molecule has 0 aliphatic heterocycles. The molecule has 1 aromatic carbocycles. The van der Waals surface area contributed by atoms with E-state index >= 15 is 0 Å². The van der Waals surface area contributed by atoms with E-state index in [-0.39, 0.29) is 11.6 Å². The van der Waals surface area contributed by atoms with Gasteiger partial charge in [0.25, 0.3) is 0 Å². The number of hydrogen-bond acceptors (Lipinski definition) is 3. The number of hydrogen-bond donors (Lipinski definition) is 3. The molecule has 27 heavy (non-hydrogen) atoms. The molecule has 2 rings (SSSR count). The SMILES string of the molecule is CCNC(=NCC(C)(C)NC(C)c1ccccc1)NCCc1ccccn1. The summed E-state index contributed by atoms with van der Waals surface area (Å²) in [6.45, 7) is 11.0. The average Bonchev–Trinajstić information content (AvgIpc) is 2.67. The Labute approximate surface area is 163 Å². The second kappa shape index (κ2) is 10.7. The lowest BCUT2D eigenvalue weighted by molar-refractivity contribution is 0.356. The molecule has 146 valence electrons. The molecule has 1 atom stereocenters. The second-order valence-corrected chi connectivity index (χ2v) is 7.35. The van der Waals surface area contributed by atoms with Gasteiger partial charge in [0.15, 0.2) is 5.96 Å². The third kappa shape index (κ3) is 7.79. The molecule has 0 saturated carbocycles. The van der Waals surface area contributed by atoms with E-state index in [1.165, 1.54) is 5.56 Å². The van der Waals surface area contributed by atoms with Crippen LogP contribution in [0.4, 0.5) is 0 Å². The molecule has 0 fully saturated rings. The third-order valence-electron chi connectivity index (χ3n) is 4.28. The Kier molecular flexibility index (Phi) is 8.27. The van der Waals surface area contributed by atoms with Gasteiger partial charge in [-0.3, -0.25) is 9.98 Å². The van der Waals surface area contributed by atoms with E-state index in [0.29, 0.717) is 6.54 Å². The lowest BCUT2D eigenvalue weighted by Gasteiger charge is -2.29. The number of guanidine groups is 1. The van der Waals surface area contributed by atoms with Gasteiger partial charge in [0.2, 0.25) is 0 Å². The molecule has 2 aromatic rings. The van der Waals surface area contributed by atoms with Crippen LogP contribution in [0.25, 0.3) is 0 Å². The van der Waals surface area contributed by atoms with E-state index in [4.69, 9.17) is 4.99 Å². The number of pyridine rings is 1. The zero-order valence-corrected chi connectivity index (χ0v) is 17.0. The summed E-state index contributed by atoms with van der Waals surface area (Å²) in [5.41, 5.74) is 2.26. The van der Waals surface area contributed by atoms with Crippen molar-refractivity contribution in [2.75, 3.05) is 19.6 Å². The van der Waals surface area contributed by atoms with E-state index < -0.39 is 0 Å². The first kappa shape index (κ1) is 20.9. The van der Waals surface area contributed by atoms with E-state index in [1.54, 1.807) is 0 Å². The molecule has 0 spiro atoms. The van der Waals surface area contributed by atoms with Gasteiger partial charge >= 0.3 is 0 Å². The number of aliphatic imine (C=N–C) groups is 1. The normalized spacial score (nSPS) is 13.3. The van der Waals surface area contributed by atoms with Gasteiger partial charge in [0.05, 0.1) is 6.54 Å². The predicted octanol–water partition coefficient (Wildman–Crippen LogP) is 3.31. The summed E-state index contributed by atoms with van der Waals surface area (Å²) in [5, 5.41) is 10.4. The molecule has 1 aromatic heterocycles. The number of benzene rings is 1. The van der Waals surface area contributed by atoms with Crippen LogP contribution in [0.15, 0.2) is 59.7 Å². The highest BCUT2D eigenvalue weighted by Gasteiger charge is 2.20. The maximum atomic E-state index is 4.77. The van der Waals surface area contributed by atoms with Gasteiger partial charge < -0.3 is 16.0 Å². The largest absolute Gasteiger partial charge is 0.357 e. The Balaban J connectivity index is 1.87. The van der Waals surface area contributed by atoms with Crippen molar-refractivity contribution < 1.29 is 0 Å². The molecule has 3 N–H and O–H groups in total. The first-order valence-corrected chi connectivity index (χ1v) is 9.75. The zero-order chi connectivity index (χ0) is 19.5. The number of nitrogens with one attached hydrogen (secondary N) is 3. The van der Waals surface area contributed by atoms with Crippen LogP contribution in [0.1, 0.15) is 45.0 Å². The molecule has 0 amide bonds. The summed E-state index contributed by atoms with van der Waals surface area (Å²) in [6, 6.07) is 16.8. The number of nitrogens with zero attached hydrogens (tertiary/aromatic N) is 2. The standard InChI is InChI=1S/C22H33N5/c1-5-23-21(25-16-14-20-13-9-10-15-24-20)26-17-22(3,4)27-18(2)19-11-7-6-8-12-19/h6-13,15,18,27H,5,14,16-17H2,1-4H3,(H2,23,25,26). The Morgan fingerprint density at radius 1 is 1.07 bits per heavy atom. The van der Waals surface area contributed by atoms with Crippen LogP contribution in [0, 0.1) is 0 Å². The van der Waals surface area contributed by atoms with Gasteiger partial charge in [-0.2, -0.15) is 0 Å². The Hall–Kier alpha value is -2.40. The fourth-order valence-electron chi connectivity index (χ4n) is 2.93. The molecule has 0 radical (unpaired) electrons. The lowest BCUT2D eigenvalue weighted by atomic mass is 10.0. The quantitative estimate of drug-likeness (QED) is 0.470. The monoisotopic (exact) mass is 367 g/mol. The van der Waals surface area contributed by atoms with E-state index in [9.17, 15) is 0 Å². The smallest absolute Gasteiger partial charge is 0.191 e. The summed E-state index contributed by atoms with van der Waals surface area (Å²) >= 11 is 0. The van der Waals surface area contributed by atoms with Crippen molar-refractivity contribution in [2.24, 2.45) is 4.99 Å². The lowest BCUT2D eigenvalue weighted by Crippen LogP contribution is -2.45. The first-order valence-electron chi connectivity index (χ1n) is 9.75. The van der Waals surface area contributed by atoms with Crippen molar-refractivity contribution in [3.63, 3.8) is 0 Å². The predicted molar refractivity (Wildman–Crippen MR) is 114 cm³/mol. The van der Waals surface area contributed by atoms with Crippen molar-refractivity contribution in [1.29, 1.82) is 0 Å². The molecule has 0 saturated heterocycles. The minimum absolute atomic E-state index is 0.113. The molecule has 0 aliphatic carbocycles. The maximum absolute atomic E-state index is 4.77. The van der Waals surface area contributed by atoms with Gasteiger partial charge in [0.1, 0.15) is 0 Å². The van der Waals surface area contributed by atoms with E-state index in [0.717, 1.165) is 31.2 Å². The first-order chi connectivity index (χ1) is 13.0. The summed E-state index contributed by atoms with van der Waals surface area (Å²) in [4.78, 5) is 9.13. The van der Waals surface area contributed by atoms with Crippen LogP contribution in [-0.2, 0) is 6.42 Å². The summed E-state index contributed by atoms with van der Waals surface area (Å²) < 4.78 is 0. The van der Waals surface area contributed by atoms with E-state index in [1.807, 2.05) is 30.5 Å². The Bertz CT molecular complexity index is 682. The third-order valence-corrected chi connectivity index (χ3v) is 4.28. The fraction of sp³-hybridized carbons (Fsp3) is 0.455. The van der Waals surface area contributed by atoms with Crippen molar-refractivity contribution >= 4 is 5.96 Å². The second-order valence-electron chi connectivity index (χ2n) is 7.35. The molecular weight excluding hydrogens is 334 g/mol. The van der Waals surface area contributed by atoms with Crippen LogP contribution in [-0.4, -0.2) is 36.1 Å². The molecule has 5 nitrogen and oxygen atoms in total. The summed E-state index contributed by atoms with van der Waals surface area (Å²) in [5.74, 6) is 0.843. The van der Waals surface area contributed by atoms with E-state index in [2.05, 4.69) is 72.9 Å². The zero-order valence-electron chi connectivity index (χ0n) is 17.0. The molecule has 0 aliphatic rings. The van der Waals surface area contributed by atoms with Gasteiger partial charge in [-0.05, 0) is 45.4 Å². The topological polar surface area (TPSA) is 61.3 Å².